The second-order valence-electron chi connectivity index (χ2n) is 7.93. The predicted octanol–water partition coefficient (Wildman–Crippen LogP) is 5.55. The molecule has 0 fully saturated rings. The lowest BCUT2D eigenvalue weighted by molar-refractivity contribution is 0.233. The topological polar surface area (TPSA) is 24.9 Å². The number of thiophene rings is 1. The number of anilines is 1. The number of hydrogen-bond acceptors (Lipinski definition) is 5. The quantitative estimate of drug-likeness (QED) is 0.418. The van der Waals surface area contributed by atoms with Crippen molar-refractivity contribution in [1.82, 2.24) is 4.90 Å². The highest BCUT2D eigenvalue weighted by Gasteiger charge is 2.14. The number of benzene rings is 2. The number of likely N-dealkylation sites (N-methyl/N-ethyl adjacent to an activating group) is 1. The summed E-state index contributed by atoms with van der Waals surface area (Å²) in [5.41, 5.74) is 5.09. The highest BCUT2D eigenvalue weighted by atomic mass is 32.1. The summed E-state index contributed by atoms with van der Waals surface area (Å²) < 4.78 is 12.0. The van der Waals surface area contributed by atoms with E-state index in [1.54, 1.807) is 11.3 Å². The van der Waals surface area contributed by atoms with E-state index in [0.29, 0.717) is 11.8 Å². The Balaban J connectivity index is 1.30. The number of rotatable bonds is 8. The molecule has 4 nitrogen and oxygen atoms in total. The van der Waals surface area contributed by atoms with E-state index in [1.807, 2.05) is 42.3 Å². The molecule has 3 aromatic rings. The summed E-state index contributed by atoms with van der Waals surface area (Å²) in [6.07, 6.45) is 3.51. The summed E-state index contributed by atoms with van der Waals surface area (Å²) in [6.45, 7) is 2.42. The lowest BCUT2D eigenvalue weighted by atomic mass is 10.1. The molecule has 0 bridgehead atoms. The van der Waals surface area contributed by atoms with E-state index in [0.717, 1.165) is 43.1 Å². The van der Waals surface area contributed by atoms with E-state index in [9.17, 15) is 0 Å². The Labute approximate surface area is 194 Å². The first-order valence-electron chi connectivity index (χ1n) is 10.6. The second kappa shape index (κ2) is 10.3. The summed E-state index contributed by atoms with van der Waals surface area (Å²) in [6, 6.07) is 16.4. The third-order valence-electron chi connectivity index (χ3n) is 5.53. The van der Waals surface area contributed by atoms with Gasteiger partial charge in [-0.05, 0) is 96.3 Å². The summed E-state index contributed by atoms with van der Waals surface area (Å²) in [5, 5.41) is 4.72. The fourth-order valence-electron chi connectivity index (χ4n) is 3.76. The van der Waals surface area contributed by atoms with Crippen LogP contribution in [-0.2, 0) is 19.4 Å². The number of aryl methyl sites for hydroxylation is 2. The van der Waals surface area contributed by atoms with Crippen LogP contribution in [0.25, 0.3) is 0 Å². The van der Waals surface area contributed by atoms with Crippen molar-refractivity contribution < 1.29 is 9.47 Å². The van der Waals surface area contributed by atoms with Crippen molar-refractivity contribution in [3.05, 3.63) is 76.0 Å². The average molecular weight is 453 g/mol. The number of nitrogens with zero attached hydrogens (tertiary/aromatic N) is 2. The lowest BCUT2D eigenvalue weighted by Crippen LogP contribution is -2.29. The normalized spacial score (nSPS) is 12.6. The van der Waals surface area contributed by atoms with Gasteiger partial charge in [0.1, 0.15) is 18.1 Å². The largest absolute Gasteiger partial charge is 0.492 e. The van der Waals surface area contributed by atoms with Gasteiger partial charge in [0, 0.05) is 31.9 Å². The molecule has 0 unspecified atom stereocenters. The molecule has 1 aliphatic carbocycles. The molecule has 6 heteroatoms. The molecule has 1 heterocycles. The minimum atomic E-state index is 0.422. The van der Waals surface area contributed by atoms with Crippen molar-refractivity contribution in [3.8, 4) is 11.5 Å². The standard InChI is InChI=1S/C25H28N2O2S2/c1-26(17-19-11-14-31-18-19)12-13-28-23-8-4-7-22(16-23)27(2)25(30)29-24-10-9-20-5-3-6-21(20)15-24/h4,7-11,14-16,18H,3,5-6,12-13,17H2,1-2H3. The van der Waals surface area contributed by atoms with E-state index in [4.69, 9.17) is 21.7 Å². The van der Waals surface area contributed by atoms with Gasteiger partial charge in [-0.15, -0.1) is 0 Å². The monoisotopic (exact) mass is 452 g/mol. The first kappa shape index (κ1) is 21.8. The number of ether oxygens (including phenoxy) is 2. The lowest BCUT2D eigenvalue weighted by Gasteiger charge is -2.21. The van der Waals surface area contributed by atoms with Gasteiger partial charge in [-0.3, -0.25) is 4.90 Å². The fraction of sp³-hybridized carbons (Fsp3) is 0.320. The van der Waals surface area contributed by atoms with Crippen LogP contribution in [0.15, 0.2) is 59.3 Å². The van der Waals surface area contributed by atoms with Gasteiger partial charge >= 0.3 is 0 Å². The minimum absolute atomic E-state index is 0.422. The number of thiocarbonyl (C=S) groups is 1. The van der Waals surface area contributed by atoms with E-state index in [-0.39, 0.29) is 0 Å². The molecule has 4 rings (SSSR count). The molecule has 2 aromatic carbocycles. The molecular weight excluding hydrogens is 424 g/mol. The van der Waals surface area contributed by atoms with E-state index in [1.165, 1.54) is 23.1 Å². The zero-order valence-corrected chi connectivity index (χ0v) is 19.7. The van der Waals surface area contributed by atoms with Crippen LogP contribution in [0.1, 0.15) is 23.1 Å². The molecule has 0 N–H and O–H groups in total. The smallest absolute Gasteiger partial charge is 0.269 e. The molecule has 0 radical (unpaired) electrons. The Morgan fingerprint density at radius 1 is 1.03 bits per heavy atom. The molecule has 0 atom stereocenters. The van der Waals surface area contributed by atoms with Crippen LogP contribution in [0, 0.1) is 0 Å². The van der Waals surface area contributed by atoms with Gasteiger partial charge in [0.25, 0.3) is 5.17 Å². The molecule has 0 aliphatic heterocycles. The van der Waals surface area contributed by atoms with Crippen molar-refractivity contribution in [2.75, 3.05) is 32.1 Å². The Morgan fingerprint density at radius 2 is 1.90 bits per heavy atom. The first-order valence-corrected chi connectivity index (χ1v) is 11.9. The number of hydrogen-bond donors (Lipinski definition) is 0. The maximum Gasteiger partial charge on any atom is 0.269 e. The summed E-state index contributed by atoms with van der Waals surface area (Å²) in [5.74, 6) is 1.63. The van der Waals surface area contributed by atoms with E-state index in [2.05, 4.69) is 40.9 Å². The van der Waals surface area contributed by atoms with Crippen molar-refractivity contribution in [2.24, 2.45) is 0 Å². The maximum atomic E-state index is 5.99. The Bertz CT molecular complexity index is 1020. The number of fused-ring (bicyclic) bond motifs is 1. The molecule has 1 aromatic heterocycles. The third kappa shape index (κ3) is 5.85. The summed E-state index contributed by atoms with van der Waals surface area (Å²) in [4.78, 5) is 4.13. The second-order valence-corrected chi connectivity index (χ2v) is 9.06. The van der Waals surface area contributed by atoms with Crippen LogP contribution >= 0.6 is 23.6 Å². The van der Waals surface area contributed by atoms with Crippen LogP contribution in [0.3, 0.4) is 0 Å². The zero-order chi connectivity index (χ0) is 21.6. The van der Waals surface area contributed by atoms with Gasteiger partial charge in [0.05, 0.1) is 0 Å². The van der Waals surface area contributed by atoms with E-state index >= 15 is 0 Å². The van der Waals surface area contributed by atoms with Gasteiger partial charge in [-0.25, -0.2) is 0 Å². The van der Waals surface area contributed by atoms with Crippen molar-refractivity contribution in [3.63, 3.8) is 0 Å². The van der Waals surface area contributed by atoms with Crippen LogP contribution < -0.4 is 14.4 Å². The van der Waals surface area contributed by atoms with Crippen LogP contribution in [0.2, 0.25) is 0 Å². The highest BCUT2D eigenvalue weighted by molar-refractivity contribution is 7.80. The fourth-order valence-corrected chi connectivity index (χ4v) is 4.62. The van der Waals surface area contributed by atoms with Crippen molar-refractivity contribution in [2.45, 2.75) is 25.8 Å². The molecule has 0 saturated heterocycles. The van der Waals surface area contributed by atoms with Crippen LogP contribution in [0.4, 0.5) is 5.69 Å². The molecule has 0 saturated carbocycles. The minimum Gasteiger partial charge on any atom is -0.492 e. The molecule has 162 valence electrons. The van der Waals surface area contributed by atoms with Crippen molar-refractivity contribution in [1.29, 1.82) is 0 Å². The molecular formula is C25H28N2O2S2. The van der Waals surface area contributed by atoms with Crippen LogP contribution in [0.5, 0.6) is 11.5 Å². The average Bonchev–Trinajstić information content (AvgIpc) is 3.45. The van der Waals surface area contributed by atoms with Gasteiger partial charge < -0.3 is 14.4 Å². The predicted molar refractivity (Wildman–Crippen MR) is 133 cm³/mol. The van der Waals surface area contributed by atoms with Gasteiger partial charge in [0.2, 0.25) is 0 Å². The molecule has 0 amide bonds. The Morgan fingerprint density at radius 3 is 2.74 bits per heavy atom. The summed E-state index contributed by atoms with van der Waals surface area (Å²) >= 11 is 7.28. The molecule has 31 heavy (non-hydrogen) atoms. The van der Waals surface area contributed by atoms with Crippen molar-refractivity contribution >= 4 is 34.4 Å². The van der Waals surface area contributed by atoms with Gasteiger partial charge in [0.15, 0.2) is 0 Å². The Hall–Kier alpha value is -2.41. The van der Waals surface area contributed by atoms with Gasteiger partial charge in [-0.1, -0.05) is 12.1 Å². The Kier molecular flexibility index (Phi) is 7.22. The highest BCUT2D eigenvalue weighted by Crippen LogP contribution is 2.27. The van der Waals surface area contributed by atoms with Gasteiger partial charge in [-0.2, -0.15) is 11.3 Å². The van der Waals surface area contributed by atoms with E-state index < -0.39 is 0 Å². The molecule has 0 spiro atoms. The SMILES string of the molecule is CN(CCOc1cccc(N(C)C(=S)Oc2ccc3c(c2)CCC3)c1)Cc1ccsc1. The summed E-state index contributed by atoms with van der Waals surface area (Å²) in [7, 11) is 4.03. The first-order chi connectivity index (χ1) is 15.1. The van der Waals surface area contributed by atoms with Crippen LogP contribution in [-0.4, -0.2) is 37.3 Å². The zero-order valence-electron chi connectivity index (χ0n) is 18.0. The third-order valence-corrected chi connectivity index (χ3v) is 6.62. The molecule has 1 aliphatic rings. The maximum absolute atomic E-state index is 5.99.